The van der Waals surface area contributed by atoms with Crippen LogP contribution in [0.5, 0.6) is 0 Å². The van der Waals surface area contributed by atoms with Gasteiger partial charge in [0.1, 0.15) is 0 Å². The van der Waals surface area contributed by atoms with Gasteiger partial charge >= 0.3 is 11.9 Å². The van der Waals surface area contributed by atoms with Crippen LogP contribution in [0.4, 0.5) is 0 Å². The predicted octanol–water partition coefficient (Wildman–Crippen LogP) is 5.64. The molecule has 0 aromatic carbocycles. The van der Waals surface area contributed by atoms with Crippen LogP contribution in [0.3, 0.4) is 0 Å². The second-order valence-electron chi connectivity index (χ2n) is 8.93. The molecule has 0 amide bonds. The Kier molecular flexibility index (Phi) is 29.0. The van der Waals surface area contributed by atoms with Crippen LogP contribution in [0.2, 0.25) is 0 Å². The fourth-order valence-corrected chi connectivity index (χ4v) is 3.24. The molecule has 214 valence electrons. The minimum absolute atomic E-state index is 0.0481. The third-order valence-corrected chi connectivity index (χ3v) is 5.45. The van der Waals surface area contributed by atoms with Crippen molar-refractivity contribution in [3.8, 4) is 0 Å². The summed E-state index contributed by atoms with van der Waals surface area (Å²) >= 11 is 0. The monoisotopic (exact) mass is 518 g/mol. The SMILES string of the molecule is CCCCCCOCCOCCCCOC(=O)CCC(=O)OCCCCOCCOCCCCCC. The molecule has 8 nitrogen and oxygen atoms in total. The molecule has 8 heteroatoms. The van der Waals surface area contributed by atoms with Crippen molar-refractivity contribution < 1.29 is 38.0 Å². The van der Waals surface area contributed by atoms with E-state index in [2.05, 4.69) is 13.8 Å². The van der Waals surface area contributed by atoms with Gasteiger partial charge in [-0.1, -0.05) is 52.4 Å². The first kappa shape index (κ1) is 34.8. The van der Waals surface area contributed by atoms with E-state index < -0.39 is 0 Å². The molecule has 0 unspecified atom stereocenters. The molecule has 0 rings (SSSR count). The van der Waals surface area contributed by atoms with E-state index in [-0.39, 0.29) is 24.8 Å². The van der Waals surface area contributed by atoms with Gasteiger partial charge in [0.2, 0.25) is 0 Å². The first-order valence-corrected chi connectivity index (χ1v) is 14.3. The molecule has 0 aliphatic carbocycles. The summed E-state index contributed by atoms with van der Waals surface area (Å²) in [5.41, 5.74) is 0. The van der Waals surface area contributed by atoms with Crippen LogP contribution < -0.4 is 0 Å². The van der Waals surface area contributed by atoms with E-state index in [4.69, 9.17) is 28.4 Å². The molecule has 0 saturated carbocycles. The first-order chi connectivity index (χ1) is 17.7. The van der Waals surface area contributed by atoms with Gasteiger partial charge in [-0.2, -0.15) is 0 Å². The van der Waals surface area contributed by atoms with Crippen molar-refractivity contribution in [2.24, 2.45) is 0 Å². The maximum atomic E-state index is 11.7. The molecule has 36 heavy (non-hydrogen) atoms. The number of hydrogen-bond donors (Lipinski definition) is 0. The van der Waals surface area contributed by atoms with E-state index in [1.165, 1.54) is 38.5 Å². The van der Waals surface area contributed by atoms with Gasteiger partial charge in [-0.25, -0.2) is 0 Å². The molecular formula is C28H54O8. The Balaban J connectivity index is 3.28. The van der Waals surface area contributed by atoms with Gasteiger partial charge in [0.25, 0.3) is 0 Å². The zero-order valence-electron chi connectivity index (χ0n) is 23.2. The second kappa shape index (κ2) is 30.0. The number of hydrogen-bond acceptors (Lipinski definition) is 8. The minimum Gasteiger partial charge on any atom is -0.466 e. The van der Waals surface area contributed by atoms with Crippen LogP contribution in [-0.4, -0.2) is 78.0 Å². The molecule has 0 aromatic heterocycles. The number of carbonyl (C=O) groups excluding carboxylic acids is 2. The molecular weight excluding hydrogens is 464 g/mol. The van der Waals surface area contributed by atoms with Gasteiger partial charge in [0.05, 0.1) is 52.5 Å². The summed E-state index contributed by atoms with van der Waals surface area (Å²) in [6.45, 7) is 10.4. The Morgan fingerprint density at radius 3 is 1.03 bits per heavy atom. The standard InChI is InChI=1S/C28H54O8/c1-3-5-7-9-17-31-23-25-33-19-11-13-21-35-27(29)15-16-28(30)36-22-14-12-20-34-26-24-32-18-10-8-6-4-2/h3-26H2,1-2H3. The molecule has 0 bridgehead atoms. The zero-order valence-corrected chi connectivity index (χ0v) is 23.2. The summed E-state index contributed by atoms with van der Waals surface area (Å²) in [6.07, 6.45) is 12.9. The van der Waals surface area contributed by atoms with Crippen molar-refractivity contribution >= 4 is 11.9 Å². The Morgan fingerprint density at radius 1 is 0.389 bits per heavy atom. The molecule has 0 aliphatic rings. The largest absolute Gasteiger partial charge is 0.466 e. The van der Waals surface area contributed by atoms with Crippen LogP contribution in [0, 0.1) is 0 Å². The van der Waals surface area contributed by atoms with Crippen molar-refractivity contribution in [1.29, 1.82) is 0 Å². The number of rotatable bonds is 29. The molecule has 0 aliphatic heterocycles. The van der Waals surface area contributed by atoms with Crippen LogP contribution in [-0.2, 0) is 38.0 Å². The summed E-state index contributed by atoms with van der Waals surface area (Å²) in [6, 6.07) is 0. The number of unbranched alkanes of at least 4 members (excludes halogenated alkanes) is 8. The minimum atomic E-state index is -0.370. The van der Waals surface area contributed by atoms with Crippen molar-refractivity contribution in [2.45, 2.75) is 104 Å². The average molecular weight is 519 g/mol. The number of ether oxygens (including phenoxy) is 6. The van der Waals surface area contributed by atoms with Gasteiger partial charge in [0.15, 0.2) is 0 Å². The van der Waals surface area contributed by atoms with Gasteiger partial charge in [-0.15, -0.1) is 0 Å². The average Bonchev–Trinajstić information content (AvgIpc) is 2.88. The number of esters is 2. The van der Waals surface area contributed by atoms with Gasteiger partial charge in [-0.05, 0) is 38.5 Å². The normalized spacial score (nSPS) is 11.1. The fraction of sp³-hybridized carbons (Fsp3) is 0.929. The quantitative estimate of drug-likeness (QED) is 0.0928. The summed E-state index contributed by atoms with van der Waals surface area (Å²) < 4.78 is 32.3. The van der Waals surface area contributed by atoms with Crippen molar-refractivity contribution in [3.05, 3.63) is 0 Å². The second-order valence-corrected chi connectivity index (χ2v) is 8.93. The highest BCUT2D eigenvalue weighted by Gasteiger charge is 2.09. The maximum absolute atomic E-state index is 11.7. The van der Waals surface area contributed by atoms with Gasteiger partial charge in [-0.3, -0.25) is 9.59 Å². The molecule has 0 saturated heterocycles. The van der Waals surface area contributed by atoms with Crippen LogP contribution in [0.25, 0.3) is 0 Å². The molecule has 0 atom stereocenters. The Morgan fingerprint density at radius 2 is 0.694 bits per heavy atom. The lowest BCUT2D eigenvalue weighted by Gasteiger charge is -2.08. The van der Waals surface area contributed by atoms with Crippen LogP contribution in [0.15, 0.2) is 0 Å². The van der Waals surface area contributed by atoms with E-state index in [0.717, 1.165) is 51.7 Å². The lowest BCUT2D eigenvalue weighted by atomic mass is 10.2. The van der Waals surface area contributed by atoms with E-state index in [0.29, 0.717) is 52.9 Å². The lowest BCUT2D eigenvalue weighted by molar-refractivity contribution is -0.150. The number of carbonyl (C=O) groups is 2. The molecule has 0 radical (unpaired) electrons. The topological polar surface area (TPSA) is 89.5 Å². The molecule has 0 fully saturated rings. The van der Waals surface area contributed by atoms with Crippen molar-refractivity contribution in [1.82, 2.24) is 0 Å². The summed E-state index contributed by atoms with van der Waals surface area (Å²) in [5, 5.41) is 0. The molecule has 0 aromatic rings. The molecule has 0 N–H and O–H groups in total. The Labute approximate surface area is 220 Å². The van der Waals surface area contributed by atoms with E-state index in [9.17, 15) is 9.59 Å². The van der Waals surface area contributed by atoms with Crippen molar-refractivity contribution in [2.75, 3.05) is 66.1 Å². The highest BCUT2D eigenvalue weighted by molar-refractivity contribution is 5.77. The van der Waals surface area contributed by atoms with Gasteiger partial charge < -0.3 is 28.4 Å². The Bertz CT molecular complexity index is 430. The summed E-state index contributed by atoms with van der Waals surface area (Å²) in [4.78, 5) is 23.5. The predicted molar refractivity (Wildman–Crippen MR) is 141 cm³/mol. The fourth-order valence-electron chi connectivity index (χ4n) is 3.24. The first-order valence-electron chi connectivity index (χ1n) is 14.3. The van der Waals surface area contributed by atoms with E-state index in [1.54, 1.807) is 0 Å². The highest BCUT2D eigenvalue weighted by Crippen LogP contribution is 2.02. The third-order valence-electron chi connectivity index (χ3n) is 5.45. The van der Waals surface area contributed by atoms with E-state index in [1.807, 2.05) is 0 Å². The lowest BCUT2D eigenvalue weighted by Crippen LogP contribution is -2.12. The summed E-state index contributed by atoms with van der Waals surface area (Å²) in [7, 11) is 0. The maximum Gasteiger partial charge on any atom is 0.306 e. The van der Waals surface area contributed by atoms with Crippen molar-refractivity contribution in [3.63, 3.8) is 0 Å². The smallest absolute Gasteiger partial charge is 0.306 e. The van der Waals surface area contributed by atoms with Crippen LogP contribution in [0.1, 0.15) is 104 Å². The molecule has 0 heterocycles. The van der Waals surface area contributed by atoms with Gasteiger partial charge in [0, 0.05) is 26.4 Å². The van der Waals surface area contributed by atoms with E-state index >= 15 is 0 Å². The van der Waals surface area contributed by atoms with Crippen LogP contribution >= 0.6 is 0 Å². The Hall–Kier alpha value is -1.22. The highest BCUT2D eigenvalue weighted by atomic mass is 16.5. The molecule has 0 spiro atoms. The summed E-state index contributed by atoms with van der Waals surface area (Å²) in [5.74, 6) is -0.740. The zero-order chi connectivity index (χ0) is 26.4. The third kappa shape index (κ3) is 29.0.